The Labute approximate surface area is 165 Å². The molecule has 1 aliphatic carbocycles. The lowest BCUT2D eigenvalue weighted by Crippen LogP contribution is -2.54. The van der Waals surface area contributed by atoms with Gasteiger partial charge in [-0.15, -0.1) is 0 Å². The van der Waals surface area contributed by atoms with E-state index in [0.29, 0.717) is 44.1 Å². The van der Waals surface area contributed by atoms with Crippen molar-refractivity contribution >= 4 is 5.91 Å². The number of hydrogen-bond donors (Lipinski definition) is 0. The van der Waals surface area contributed by atoms with Crippen molar-refractivity contribution < 1.29 is 18.8 Å². The number of ether oxygens (including phenoxy) is 2. The normalized spacial score (nSPS) is 22.0. The molecule has 4 rings (SSSR count). The first-order chi connectivity index (χ1) is 13.7. The maximum atomic E-state index is 12.7. The summed E-state index contributed by atoms with van der Waals surface area (Å²) >= 11 is 0. The van der Waals surface area contributed by atoms with Crippen LogP contribution in [0.25, 0.3) is 11.4 Å². The number of fused-ring (bicyclic) bond motifs is 1. The van der Waals surface area contributed by atoms with Gasteiger partial charge < -0.3 is 18.9 Å². The molecule has 0 N–H and O–H groups in total. The summed E-state index contributed by atoms with van der Waals surface area (Å²) in [6.07, 6.45) is 6.57. The molecule has 2 fully saturated rings. The lowest BCUT2D eigenvalue weighted by Gasteiger charge is -2.43. The van der Waals surface area contributed by atoms with Crippen LogP contribution in [-0.4, -0.2) is 53.4 Å². The molecule has 28 heavy (non-hydrogen) atoms. The van der Waals surface area contributed by atoms with E-state index >= 15 is 0 Å². The summed E-state index contributed by atoms with van der Waals surface area (Å²) < 4.78 is 16.4. The van der Waals surface area contributed by atoms with Gasteiger partial charge >= 0.3 is 0 Å². The zero-order valence-corrected chi connectivity index (χ0v) is 16.3. The molecule has 7 nitrogen and oxygen atoms in total. The number of rotatable bonds is 6. The van der Waals surface area contributed by atoms with Crippen LogP contribution in [0.2, 0.25) is 0 Å². The van der Waals surface area contributed by atoms with E-state index in [0.717, 1.165) is 24.2 Å². The van der Waals surface area contributed by atoms with Crippen molar-refractivity contribution in [1.29, 1.82) is 0 Å². The molecule has 1 saturated heterocycles. The van der Waals surface area contributed by atoms with Gasteiger partial charge in [0.2, 0.25) is 17.6 Å². The molecule has 1 aromatic carbocycles. The fourth-order valence-electron chi connectivity index (χ4n) is 4.15. The molecule has 2 atom stereocenters. The van der Waals surface area contributed by atoms with Crippen LogP contribution >= 0.6 is 0 Å². The smallest absolute Gasteiger partial charge is 0.226 e. The Balaban J connectivity index is 1.29. The Bertz CT molecular complexity index is 787. The number of methoxy groups -OCH3 is 1. The summed E-state index contributed by atoms with van der Waals surface area (Å²) in [5.74, 6) is 2.13. The van der Waals surface area contributed by atoms with Crippen molar-refractivity contribution in [3.05, 3.63) is 30.2 Å². The quantitative estimate of drug-likeness (QED) is 0.760. The first-order valence-corrected chi connectivity index (χ1v) is 10.1. The molecule has 1 amide bonds. The highest BCUT2D eigenvalue weighted by Gasteiger charge is 2.36. The van der Waals surface area contributed by atoms with Gasteiger partial charge in [0.1, 0.15) is 5.75 Å². The SMILES string of the molecule is COc1ccc(-c2noc(CCCC(=O)N3CCO[C@@H]4CCCC[C@H]43)n2)cc1. The molecular formula is C21H27N3O4. The molecule has 0 unspecified atom stereocenters. The van der Waals surface area contributed by atoms with E-state index in [-0.39, 0.29) is 18.1 Å². The number of aromatic nitrogens is 2. The second-order valence-electron chi connectivity index (χ2n) is 7.44. The number of aryl methyl sites for hydroxylation is 1. The van der Waals surface area contributed by atoms with Crippen molar-refractivity contribution in [1.82, 2.24) is 15.0 Å². The Morgan fingerprint density at radius 2 is 2.07 bits per heavy atom. The average molecular weight is 385 g/mol. The zero-order chi connectivity index (χ0) is 19.3. The van der Waals surface area contributed by atoms with Gasteiger partial charge in [0.15, 0.2) is 0 Å². The first kappa shape index (κ1) is 18.9. The maximum absolute atomic E-state index is 12.7. The zero-order valence-electron chi connectivity index (χ0n) is 16.3. The monoisotopic (exact) mass is 385 g/mol. The molecule has 1 aromatic heterocycles. The third-order valence-electron chi connectivity index (χ3n) is 5.65. The van der Waals surface area contributed by atoms with Crippen molar-refractivity contribution in [3.63, 3.8) is 0 Å². The third kappa shape index (κ3) is 4.19. The maximum Gasteiger partial charge on any atom is 0.226 e. The van der Waals surface area contributed by atoms with Crippen LogP contribution in [0.4, 0.5) is 0 Å². The summed E-state index contributed by atoms with van der Waals surface area (Å²) in [6.45, 7) is 1.37. The fraction of sp³-hybridized carbons (Fsp3) is 0.571. The number of amides is 1. The Hall–Kier alpha value is -2.41. The van der Waals surface area contributed by atoms with Crippen molar-refractivity contribution in [2.24, 2.45) is 0 Å². The van der Waals surface area contributed by atoms with E-state index in [1.807, 2.05) is 29.2 Å². The lowest BCUT2D eigenvalue weighted by molar-refractivity contribution is -0.149. The van der Waals surface area contributed by atoms with Crippen molar-refractivity contribution in [3.8, 4) is 17.1 Å². The molecule has 7 heteroatoms. The van der Waals surface area contributed by atoms with Crippen LogP contribution in [0, 0.1) is 0 Å². The van der Waals surface area contributed by atoms with E-state index in [1.165, 1.54) is 12.8 Å². The Kier molecular flexibility index (Phi) is 5.90. The van der Waals surface area contributed by atoms with Gasteiger partial charge in [-0.25, -0.2) is 0 Å². The minimum Gasteiger partial charge on any atom is -0.497 e. The summed E-state index contributed by atoms with van der Waals surface area (Å²) in [7, 11) is 1.63. The lowest BCUT2D eigenvalue weighted by atomic mass is 9.90. The summed E-state index contributed by atoms with van der Waals surface area (Å²) in [5.41, 5.74) is 0.878. The fourth-order valence-corrected chi connectivity index (χ4v) is 4.15. The highest BCUT2D eigenvalue weighted by Crippen LogP contribution is 2.29. The van der Waals surface area contributed by atoms with Crippen LogP contribution in [0.5, 0.6) is 5.75 Å². The topological polar surface area (TPSA) is 77.7 Å². The minimum atomic E-state index is 0.218. The van der Waals surface area contributed by atoms with Crippen LogP contribution in [0.15, 0.2) is 28.8 Å². The second-order valence-corrected chi connectivity index (χ2v) is 7.44. The van der Waals surface area contributed by atoms with E-state index in [2.05, 4.69) is 10.1 Å². The average Bonchev–Trinajstić information content (AvgIpc) is 3.22. The largest absolute Gasteiger partial charge is 0.497 e. The van der Waals surface area contributed by atoms with E-state index < -0.39 is 0 Å². The first-order valence-electron chi connectivity index (χ1n) is 10.1. The van der Waals surface area contributed by atoms with E-state index in [1.54, 1.807) is 7.11 Å². The standard InChI is InChI=1S/C21H27N3O4/c1-26-16-11-9-15(10-12-16)21-22-19(28-23-21)7-4-8-20(25)24-13-14-27-18-6-3-2-5-17(18)24/h9-12,17-18H,2-8,13-14H2,1H3/t17-,18-/m1/s1. The number of morpholine rings is 1. The molecule has 1 saturated carbocycles. The van der Waals surface area contributed by atoms with Gasteiger partial charge in [-0.3, -0.25) is 4.79 Å². The number of nitrogens with zero attached hydrogens (tertiary/aromatic N) is 3. The molecule has 0 radical (unpaired) electrons. The highest BCUT2D eigenvalue weighted by atomic mass is 16.5. The predicted octanol–water partition coefficient (Wildman–Crippen LogP) is 3.24. The van der Waals surface area contributed by atoms with E-state index in [4.69, 9.17) is 14.0 Å². The number of carbonyl (C=O) groups excluding carboxylic acids is 1. The van der Waals surface area contributed by atoms with Crippen molar-refractivity contribution in [2.75, 3.05) is 20.3 Å². The Morgan fingerprint density at radius 3 is 2.89 bits per heavy atom. The molecule has 2 aromatic rings. The van der Waals surface area contributed by atoms with Crippen LogP contribution in [-0.2, 0) is 16.0 Å². The third-order valence-corrected chi connectivity index (χ3v) is 5.65. The van der Waals surface area contributed by atoms with Gasteiger partial charge in [0, 0.05) is 24.9 Å². The number of benzene rings is 1. The van der Waals surface area contributed by atoms with Crippen LogP contribution in [0.3, 0.4) is 0 Å². The highest BCUT2D eigenvalue weighted by molar-refractivity contribution is 5.76. The molecule has 2 aliphatic rings. The summed E-state index contributed by atoms with van der Waals surface area (Å²) in [5, 5.41) is 4.04. The summed E-state index contributed by atoms with van der Waals surface area (Å²) in [4.78, 5) is 19.2. The molecular weight excluding hydrogens is 358 g/mol. The number of carbonyl (C=O) groups is 1. The van der Waals surface area contributed by atoms with Gasteiger partial charge in [-0.05, 0) is 43.5 Å². The van der Waals surface area contributed by atoms with Gasteiger partial charge in [0.25, 0.3) is 0 Å². The minimum absolute atomic E-state index is 0.218. The molecule has 0 spiro atoms. The molecule has 0 bridgehead atoms. The summed E-state index contributed by atoms with van der Waals surface area (Å²) in [6, 6.07) is 7.79. The Morgan fingerprint density at radius 1 is 1.25 bits per heavy atom. The van der Waals surface area contributed by atoms with Crippen LogP contribution in [0.1, 0.15) is 44.4 Å². The van der Waals surface area contributed by atoms with E-state index in [9.17, 15) is 4.79 Å². The predicted molar refractivity (Wildman–Crippen MR) is 103 cm³/mol. The second kappa shape index (κ2) is 8.73. The molecule has 1 aliphatic heterocycles. The molecule has 2 heterocycles. The van der Waals surface area contributed by atoms with Crippen molar-refractivity contribution in [2.45, 2.75) is 57.1 Å². The van der Waals surface area contributed by atoms with Crippen LogP contribution < -0.4 is 4.74 Å². The molecule has 150 valence electrons. The van der Waals surface area contributed by atoms with Gasteiger partial charge in [-0.2, -0.15) is 4.98 Å². The number of hydrogen-bond acceptors (Lipinski definition) is 6. The van der Waals surface area contributed by atoms with Gasteiger partial charge in [-0.1, -0.05) is 18.0 Å². The van der Waals surface area contributed by atoms with Gasteiger partial charge in [0.05, 0.1) is 25.9 Å².